The van der Waals surface area contributed by atoms with Crippen LogP contribution in [0.4, 0.5) is 17.1 Å². The first kappa shape index (κ1) is 28.5. The van der Waals surface area contributed by atoms with Crippen LogP contribution < -0.4 is 24.6 Å². The molecule has 1 heterocycles. The van der Waals surface area contributed by atoms with Crippen molar-refractivity contribution in [1.29, 1.82) is 0 Å². The van der Waals surface area contributed by atoms with Gasteiger partial charge in [0.1, 0.15) is 0 Å². The highest BCUT2D eigenvalue weighted by Crippen LogP contribution is 2.40. The Morgan fingerprint density at radius 1 is 1.10 bits per heavy atom. The van der Waals surface area contributed by atoms with Crippen LogP contribution in [-0.2, 0) is 9.59 Å². The van der Waals surface area contributed by atoms with Gasteiger partial charge in [0, 0.05) is 25.5 Å². The molecule has 0 unspecified atom stereocenters. The van der Waals surface area contributed by atoms with Gasteiger partial charge in [0.25, 0.3) is 11.8 Å². The number of amides is 2. The third-order valence-corrected chi connectivity index (χ3v) is 7.31. The summed E-state index contributed by atoms with van der Waals surface area (Å²) >= 11 is 13.3. The Hall–Kier alpha value is -3.53. The van der Waals surface area contributed by atoms with Crippen LogP contribution in [0.5, 0.6) is 11.5 Å². The zero-order valence-corrected chi connectivity index (χ0v) is 24.4. The minimum atomic E-state index is -0.330. The second kappa shape index (κ2) is 12.5. The fourth-order valence-corrected chi connectivity index (χ4v) is 5.36. The van der Waals surface area contributed by atoms with Gasteiger partial charge < -0.3 is 19.7 Å². The van der Waals surface area contributed by atoms with Crippen LogP contribution in [0.25, 0.3) is 6.08 Å². The molecule has 1 aliphatic rings. The summed E-state index contributed by atoms with van der Waals surface area (Å²) in [7, 11) is 3.91. The lowest BCUT2D eigenvalue weighted by Gasteiger charge is -2.17. The molecule has 1 saturated heterocycles. The molecule has 0 aliphatic carbocycles. The van der Waals surface area contributed by atoms with E-state index in [1.165, 1.54) is 16.7 Å². The molecular formula is C29H28ClN3O4S2. The quantitative estimate of drug-likeness (QED) is 0.227. The molecule has 39 heavy (non-hydrogen) atoms. The third-order valence-electron chi connectivity index (χ3n) is 5.73. The van der Waals surface area contributed by atoms with Crippen LogP contribution in [0.15, 0.2) is 65.6 Å². The topological polar surface area (TPSA) is 71.1 Å². The van der Waals surface area contributed by atoms with Crippen molar-refractivity contribution in [2.24, 2.45) is 0 Å². The molecule has 2 amide bonds. The van der Waals surface area contributed by atoms with Gasteiger partial charge in [-0.05, 0) is 74.0 Å². The summed E-state index contributed by atoms with van der Waals surface area (Å²) < 4.78 is 11.9. The number of thiocarbonyl (C=S) groups is 1. The van der Waals surface area contributed by atoms with Crippen LogP contribution in [-0.4, -0.2) is 43.4 Å². The van der Waals surface area contributed by atoms with Crippen molar-refractivity contribution in [1.82, 2.24) is 0 Å². The SMILES string of the molecule is CCOc1cc(/C=C2\SC(=S)N(c3ccc(N(C)C)cc3)C2=O)cc(Cl)c1OCC(=O)Nc1ccc(C)cc1. The number of aryl methyl sites for hydroxylation is 1. The van der Waals surface area contributed by atoms with E-state index in [2.05, 4.69) is 5.32 Å². The van der Waals surface area contributed by atoms with Gasteiger partial charge in [0.05, 0.1) is 22.2 Å². The van der Waals surface area contributed by atoms with Gasteiger partial charge >= 0.3 is 0 Å². The van der Waals surface area contributed by atoms with E-state index < -0.39 is 0 Å². The zero-order valence-electron chi connectivity index (χ0n) is 22.0. The molecule has 1 aliphatic heterocycles. The molecule has 0 saturated carbocycles. The van der Waals surface area contributed by atoms with E-state index in [9.17, 15) is 9.59 Å². The van der Waals surface area contributed by atoms with Crippen molar-refractivity contribution in [3.8, 4) is 11.5 Å². The van der Waals surface area contributed by atoms with E-state index in [1.807, 2.05) is 81.4 Å². The number of nitrogens with zero attached hydrogens (tertiary/aromatic N) is 2. The summed E-state index contributed by atoms with van der Waals surface area (Å²) in [6.07, 6.45) is 1.72. The van der Waals surface area contributed by atoms with Crippen molar-refractivity contribution in [2.75, 3.05) is 42.4 Å². The minimum Gasteiger partial charge on any atom is -0.490 e. The standard InChI is InChI=1S/C29H28ClN3O4S2/c1-5-36-24-15-19(14-23(30)27(24)37-17-26(34)31-20-8-6-18(2)7-9-20)16-25-28(35)33(29(38)39-25)22-12-10-21(11-13-22)32(3)4/h6-16H,5,17H2,1-4H3,(H,31,34)/b25-16-. The number of hydrogen-bond donors (Lipinski definition) is 1. The molecule has 1 fully saturated rings. The average molecular weight is 582 g/mol. The molecule has 0 bridgehead atoms. The molecule has 3 aromatic rings. The lowest BCUT2D eigenvalue weighted by Crippen LogP contribution is -2.27. The predicted molar refractivity (Wildman–Crippen MR) is 164 cm³/mol. The van der Waals surface area contributed by atoms with Gasteiger partial charge in [-0.3, -0.25) is 14.5 Å². The normalized spacial score (nSPS) is 14.1. The van der Waals surface area contributed by atoms with E-state index in [0.717, 1.165) is 11.3 Å². The van der Waals surface area contributed by atoms with Gasteiger partial charge in [-0.2, -0.15) is 0 Å². The Labute approximate surface area is 242 Å². The first-order chi connectivity index (χ1) is 18.7. The van der Waals surface area contributed by atoms with Crippen LogP contribution in [0, 0.1) is 6.92 Å². The number of carbonyl (C=O) groups is 2. The van der Waals surface area contributed by atoms with Crippen molar-refractivity contribution < 1.29 is 19.1 Å². The number of carbonyl (C=O) groups excluding carboxylic acids is 2. The van der Waals surface area contributed by atoms with Crippen molar-refractivity contribution in [3.63, 3.8) is 0 Å². The van der Waals surface area contributed by atoms with Crippen LogP contribution in [0.2, 0.25) is 5.02 Å². The largest absolute Gasteiger partial charge is 0.490 e. The van der Waals surface area contributed by atoms with Crippen LogP contribution in [0.1, 0.15) is 18.1 Å². The molecule has 202 valence electrons. The number of rotatable bonds is 9. The molecule has 7 nitrogen and oxygen atoms in total. The van der Waals surface area contributed by atoms with E-state index in [-0.39, 0.29) is 29.2 Å². The number of halogens is 1. The molecular weight excluding hydrogens is 554 g/mol. The van der Waals surface area contributed by atoms with Gasteiger partial charge in [-0.15, -0.1) is 0 Å². The fourth-order valence-electron chi connectivity index (χ4n) is 3.79. The number of thioether (sulfide) groups is 1. The molecule has 0 spiro atoms. The summed E-state index contributed by atoms with van der Waals surface area (Å²) in [6.45, 7) is 3.91. The van der Waals surface area contributed by atoms with E-state index >= 15 is 0 Å². The molecule has 4 rings (SSSR count). The minimum absolute atomic E-state index is 0.218. The second-order valence-corrected chi connectivity index (χ2v) is 11.0. The van der Waals surface area contributed by atoms with Crippen LogP contribution >= 0.6 is 35.6 Å². The predicted octanol–water partition coefficient (Wildman–Crippen LogP) is 6.54. The molecule has 10 heteroatoms. The molecule has 0 radical (unpaired) electrons. The van der Waals surface area contributed by atoms with Crippen molar-refractivity contribution in [2.45, 2.75) is 13.8 Å². The smallest absolute Gasteiger partial charge is 0.270 e. The maximum Gasteiger partial charge on any atom is 0.270 e. The summed E-state index contributed by atoms with van der Waals surface area (Å²) in [6, 6.07) is 18.5. The highest BCUT2D eigenvalue weighted by Gasteiger charge is 2.33. The number of nitrogens with one attached hydrogen (secondary N) is 1. The number of ether oxygens (including phenoxy) is 2. The van der Waals surface area contributed by atoms with Crippen molar-refractivity contribution >= 4 is 74.9 Å². The molecule has 3 aromatic carbocycles. The van der Waals surface area contributed by atoms with Gasteiger partial charge in [0.15, 0.2) is 22.4 Å². The van der Waals surface area contributed by atoms with Crippen molar-refractivity contribution in [3.05, 3.63) is 81.7 Å². The van der Waals surface area contributed by atoms with E-state index in [0.29, 0.717) is 38.5 Å². The summed E-state index contributed by atoms with van der Waals surface area (Å²) in [5, 5.41) is 3.04. The highest BCUT2D eigenvalue weighted by molar-refractivity contribution is 8.27. The summed E-state index contributed by atoms with van der Waals surface area (Å²) in [4.78, 5) is 29.6. The number of benzene rings is 3. The Kier molecular flexibility index (Phi) is 9.16. The Morgan fingerprint density at radius 2 is 1.79 bits per heavy atom. The summed E-state index contributed by atoms with van der Waals surface area (Å²) in [5.41, 5.74) is 4.13. The van der Waals surface area contributed by atoms with Gasteiger partial charge in [-0.25, -0.2) is 0 Å². The van der Waals surface area contributed by atoms with Gasteiger partial charge in [-0.1, -0.05) is 53.3 Å². The number of anilines is 3. The Balaban J connectivity index is 1.51. The van der Waals surface area contributed by atoms with E-state index in [4.69, 9.17) is 33.3 Å². The molecule has 0 atom stereocenters. The lowest BCUT2D eigenvalue weighted by atomic mass is 10.1. The maximum absolute atomic E-state index is 13.3. The first-order valence-electron chi connectivity index (χ1n) is 12.2. The Bertz CT molecular complexity index is 1420. The summed E-state index contributed by atoms with van der Waals surface area (Å²) in [5.74, 6) is 0.0749. The molecule has 1 N–H and O–H groups in total. The molecule has 0 aromatic heterocycles. The third kappa shape index (κ3) is 6.92. The first-order valence-corrected chi connectivity index (χ1v) is 13.8. The Morgan fingerprint density at radius 3 is 2.44 bits per heavy atom. The maximum atomic E-state index is 13.3. The highest BCUT2D eigenvalue weighted by atomic mass is 35.5. The lowest BCUT2D eigenvalue weighted by molar-refractivity contribution is -0.118. The van der Waals surface area contributed by atoms with Crippen LogP contribution in [0.3, 0.4) is 0 Å². The second-order valence-electron chi connectivity index (χ2n) is 8.89. The van der Waals surface area contributed by atoms with Gasteiger partial charge in [0.2, 0.25) is 0 Å². The van der Waals surface area contributed by atoms with E-state index in [1.54, 1.807) is 18.2 Å². The number of hydrogen-bond acceptors (Lipinski definition) is 7. The zero-order chi connectivity index (χ0) is 28.1. The average Bonchev–Trinajstić information content (AvgIpc) is 3.17. The monoisotopic (exact) mass is 581 g/mol. The fraction of sp³-hybridized carbons (Fsp3) is 0.207.